The fourth-order valence-electron chi connectivity index (χ4n) is 1.87. The molecule has 0 radical (unpaired) electrons. The van der Waals surface area contributed by atoms with Crippen LogP contribution in [0.1, 0.15) is 32.5 Å². The summed E-state index contributed by atoms with van der Waals surface area (Å²) in [7, 11) is 1.91. The highest BCUT2D eigenvalue weighted by Crippen LogP contribution is 2.24. The molecule has 0 aliphatic heterocycles. The molecule has 96 valence electrons. The van der Waals surface area contributed by atoms with E-state index in [2.05, 4.69) is 10.3 Å². The van der Waals surface area contributed by atoms with Crippen LogP contribution in [0.2, 0.25) is 0 Å². The van der Waals surface area contributed by atoms with Gasteiger partial charge in [-0.25, -0.2) is 4.98 Å². The zero-order chi connectivity index (χ0) is 12.9. The molecule has 0 unspecified atom stereocenters. The molecular weight excluding hydrogens is 216 g/mol. The van der Waals surface area contributed by atoms with Crippen LogP contribution in [0, 0.1) is 5.41 Å². The summed E-state index contributed by atoms with van der Waals surface area (Å²) in [4.78, 5) is 16.3. The van der Waals surface area contributed by atoms with Crippen LogP contribution in [-0.2, 0) is 18.4 Å². The Hall–Kier alpha value is -1.36. The first-order chi connectivity index (χ1) is 8.09. The zero-order valence-electron chi connectivity index (χ0n) is 10.9. The number of hydrogen-bond donors (Lipinski definition) is 2. The van der Waals surface area contributed by atoms with E-state index in [9.17, 15) is 4.79 Å². The molecule has 0 atom stereocenters. The Kier molecular flexibility index (Phi) is 4.69. The van der Waals surface area contributed by atoms with Crippen LogP contribution in [0.15, 0.2) is 12.4 Å². The second kappa shape index (κ2) is 5.82. The van der Waals surface area contributed by atoms with E-state index >= 15 is 0 Å². The van der Waals surface area contributed by atoms with Gasteiger partial charge < -0.3 is 15.6 Å². The van der Waals surface area contributed by atoms with Crippen LogP contribution >= 0.6 is 0 Å². The summed E-state index contributed by atoms with van der Waals surface area (Å²) in [6.45, 7) is 4.82. The number of aromatic nitrogens is 2. The van der Waals surface area contributed by atoms with Crippen molar-refractivity contribution < 1.29 is 4.79 Å². The van der Waals surface area contributed by atoms with E-state index in [1.165, 1.54) is 0 Å². The highest BCUT2D eigenvalue weighted by molar-refractivity contribution is 5.82. The lowest BCUT2D eigenvalue weighted by Gasteiger charge is -2.28. The second-order valence-corrected chi connectivity index (χ2v) is 4.33. The second-order valence-electron chi connectivity index (χ2n) is 4.33. The lowest BCUT2D eigenvalue weighted by Crippen LogP contribution is -2.45. The highest BCUT2D eigenvalue weighted by atomic mass is 16.2. The smallest absolute Gasteiger partial charge is 0.227 e. The van der Waals surface area contributed by atoms with Gasteiger partial charge in [0.2, 0.25) is 5.91 Å². The number of hydrogen-bond acceptors (Lipinski definition) is 3. The number of nitrogens with two attached hydrogens (primary N) is 1. The van der Waals surface area contributed by atoms with Crippen LogP contribution in [0.5, 0.6) is 0 Å². The highest BCUT2D eigenvalue weighted by Gasteiger charge is 2.33. The maximum Gasteiger partial charge on any atom is 0.227 e. The van der Waals surface area contributed by atoms with Gasteiger partial charge in [0, 0.05) is 26.0 Å². The molecule has 3 N–H and O–H groups in total. The number of nitrogens with one attached hydrogen (secondary N) is 1. The first-order valence-corrected chi connectivity index (χ1v) is 6.04. The Labute approximate surface area is 102 Å². The summed E-state index contributed by atoms with van der Waals surface area (Å²) >= 11 is 0. The molecule has 0 bridgehead atoms. The normalized spacial score (nSPS) is 11.5. The van der Waals surface area contributed by atoms with Gasteiger partial charge in [0.25, 0.3) is 0 Å². The minimum Gasteiger partial charge on any atom is -0.348 e. The summed E-state index contributed by atoms with van der Waals surface area (Å²) in [5.74, 6) is 0.865. The first-order valence-electron chi connectivity index (χ1n) is 6.04. The van der Waals surface area contributed by atoms with Gasteiger partial charge in [-0.3, -0.25) is 4.79 Å². The van der Waals surface area contributed by atoms with Gasteiger partial charge >= 0.3 is 0 Å². The molecule has 17 heavy (non-hydrogen) atoms. The molecule has 0 spiro atoms. The fraction of sp³-hybridized carbons (Fsp3) is 0.667. The van der Waals surface area contributed by atoms with E-state index in [-0.39, 0.29) is 5.91 Å². The number of rotatable bonds is 6. The molecule has 0 fully saturated rings. The van der Waals surface area contributed by atoms with Crippen molar-refractivity contribution in [2.24, 2.45) is 18.2 Å². The van der Waals surface area contributed by atoms with E-state index in [1.807, 2.05) is 31.7 Å². The Bertz CT molecular complexity index is 360. The van der Waals surface area contributed by atoms with Gasteiger partial charge in [0.05, 0.1) is 12.0 Å². The monoisotopic (exact) mass is 238 g/mol. The van der Waals surface area contributed by atoms with E-state index < -0.39 is 5.41 Å². The van der Waals surface area contributed by atoms with Crippen molar-refractivity contribution in [3.8, 4) is 0 Å². The Balaban J connectivity index is 2.63. The van der Waals surface area contributed by atoms with Gasteiger partial charge in [-0.15, -0.1) is 0 Å². The molecular formula is C12H22N4O. The van der Waals surface area contributed by atoms with E-state index in [0.29, 0.717) is 13.1 Å². The van der Waals surface area contributed by atoms with Crippen LogP contribution in [0.4, 0.5) is 0 Å². The predicted molar refractivity (Wildman–Crippen MR) is 67.1 cm³/mol. The predicted octanol–water partition coefficient (Wildman–Crippen LogP) is 0.801. The third-order valence-electron chi connectivity index (χ3n) is 3.55. The van der Waals surface area contributed by atoms with Gasteiger partial charge in [-0.05, 0) is 12.8 Å². The van der Waals surface area contributed by atoms with Crippen molar-refractivity contribution in [3.63, 3.8) is 0 Å². The number of carbonyl (C=O) groups is 1. The number of carbonyl (C=O) groups excluding carboxylic acids is 1. The molecule has 0 aromatic carbocycles. The maximum absolute atomic E-state index is 12.1. The molecule has 1 aromatic rings. The lowest BCUT2D eigenvalue weighted by atomic mass is 9.81. The van der Waals surface area contributed by atoms with Crippen molar-refractivity contribution >= 4 is 5.91 Å². The van der Waals surface area contributed by atoms with Crippen molar-refractivity contribution in [2.75, 3.05) is 6.54 Å². The van der Waals surface area contributed by atoms with Crippen LogP contribution in [0.3, 0.4) is 0 Å². The standard InChI is InChI=1S/C12H22N4O/c1-4-12(5-2,9-13)11(17)15-8-10-14-6-7-16(10)3/h6-7H,4-5,8-9,13H2,1-3H3,(H,15,17). The summed E-state index contributed by atoms with van der Waals surface area (Å²) in [5.41, 5.74) is 5.29. The molecule has 0 aliphatic rings. The topological polar surface area (TPSA) is 72.9 Å². The van der Waals surface area contributed by atoms with Gasteiger partial charge in [0.1, 0.15) is 5.82 Å². The fourth-order valence-corrected chi connectivity index (χ4v) is 1.87. The average molecular weight is 238 g/mol. The maximum atomic E-state index is 12.1. The van der Waals surface area contributed by atoms with Gasteiger partial charge in [0.15, 0.2) is 0 Å². The molecule has 1 aromatic heterocycles. The van der Waals surface area contributed by atoms with Crippen molar-refractivity contribution in [3.05, 3.63) is 18.2 Å². The third kappa shape index (κ3) is 2.85. The molecule has 0 saturated carbocycles. The summed E-state index contributed by atoms with van der Waals surface area (Å²) in [6.07, 6.45) is 5.09. The number of aryl methyl sites for hydroxylation is 1. The van der Waals surface area contributed by atoms with E-state index in [4.69, 9.17) is 5.73 Å². The minimum atomic E-state index is -0.439. The van der Waals surface area contributed by atoms with Crippen LogP contribution in [0.25, 0.3) is 0 Å². The van der Waals surface area contributed by atoms with Crippen LogP contribution in [-0.4, -0.2) is 22.0 Å². The molecule has 5 heteroatoms. The molecule has 0 aliphatic carbocycles. The largest absolute Gasteiger partial charge is 0.348 e. The van der Waals surface area contributed by atoms with Crippen LogP contribution < -0.4 is 11.1 Å². The van der Waals surface area contributed by atoms with Crippen molar-refractivity contribution in [1.29, 1.82) is 0 Å². The SMILES string of the molecule is CCC(CC)(CN)C(=O)NCc1nccn1C. The minimum absolute atomic E-state index is 0.0213. The molecule has 1 amide bonds. The Morgan fingerprint density at radius 1 is 1.53 bits per heavy atom. The third-order valence-corrected chi connectivity index (χ3v) is 3.55. The molecule has 1 heterocycles. The van der Waals surface area contributed by atoms with Gasteiger partial charge in [-0.1, -0.05) is 13.8 Å². The summed E-state index contributed by atoms with van der Waals surface area (Å²) in [5, 5.41) is 2.92. The molecule has 1 rings (SSSR count). The van der Waals surface area contributed by atoms with Crippen molar-refractivity contribution in [1.82, 2.24) is 14.9 Å². The Morgan fingerprint density at radius 2 is 2.18 bits per heavy atom. The molecule has 5 nitrogen and oxygen atoms in total. The number of amides is 1. The summed E-state index contributed by atoms with van der Waals surface area (Å²) in [6, 6.07) is 0. The van der Waals surface area contributed by atoms with Crippen molar-refractivity contribution in [2.45, 2.75) is 33.2 Å². The van der Waals surface area contributed by atoms with E-state index in [1.54, 1.807) is 6.20 Å². The average Bonchev–Trinajstić information content (AvgIpc) is 2.75. The quantitative estimate of drug-likeness (QED) is 0.770. The molecule has 0 saturated heterocycles. The number of nitrogens with zero attached hydrogens (tertiary/aromatic N) is 2. The Morgan fingerprint density at radius 3 is 2.59 bits per heavy atom. The number of imidazole rings is 1. The van der Waals surface area contributed by atoms with Gasteiger partial charge in [-0.2, -0.15) is 0 Å². The van der Waals surface area contributed by atoms with E-state index in [0.717, 1.165) is 18.7 Å². The first kappa shape index (κ1) is 13.7. The zero-order valence-corrected chi connectivity index (χ0v) is 10.9. The lowest BCUT2D eigenvalue weighted by molar-refractivity contribution is -0.131. The summed E-state index contributed by atoms with van der Waals surface area (Å²) < 4.78 is 1.89.